The minimum absolute atomic E-state index is 0.0351. The molecule has 1 aromatic carbocycles. The summed E-state index contributed by atoms with van der Waals surface area (Å²) in [7, 11) is 1.85. The van der Waals surface area contributed by atoms with Gasteiger partial charge in [-0.2, -0.15) is 0 Å². The van der Waals surface area contributed by atoms with Crippen LogP contribution in [0.4, 0.5) is 5.69 Å². The molecule has 2 aliphatic rings. The van der Waals surface area contributed by atoms with Crippen LogP contribution >= 0.6 is 0 Å². The normalized spacial score (nSPS) is 25.5. The van der Waals surface area contributed by atoms with Gasteiger partial charge in [0, 0.05) is 18.3 Å². The number of rotatable bonds is 1. The van der Waals surface area contributed by atoms with Crippen molar-refractivity contribution in [2.45, 2.75) is 50.5 Å². The Balaban J connectivity index is 2.01. The minimum atomic E-state index is -0.183. The van der Waals surface area contributed by atoms with Gasteiger partial charge < -0.3 is 10.6 Å². The first-order chi connectivity index (χ1) is 9.03. The zero-order chi connectivity index (χ0) is 13.6. The second-order valence-corrected chi connectivity index (χ2v) is 6.11. The van der Waals surface area contributed by atoms with E-state index < -0.39 is 0 Å². The van der Waals surface area contributed by atoms with Crippen molar-refractivity contribution in [1.82, 2.24) is 0 Å². The van der Waals surface area contributed by atoms with Crippen LogP contribution in [0.2, 0.25) is 0 Å². The van der Waals surface area contributed by atoms with Gasteiger partial charge in [-0.1, -0.05) is 31.4 Å². The van der Waals surface area contributed by atoms with E-state index >= 15 is 0 Å². The molecular formula is C16H22N2O. The van der Waals surface area contributed by atoms with Crippen LogP contribution < -0.4 is 10.6 Å². The minimum Gasteiger partial charge on any atom is -0.321 e. The third kappa shape index (κ3) is 1.88. The van der Waals surface area contributed by atoms with Crippen LogP contribution in [-0.2, 0) is 10.3 Å². The van der Waals surface area contributed by atoms with E-state index in [1.54, 1.807) is 4.90 Å². The zero-order valence-electron chi connectivity index (χ0n) is 11.8. The summed E-state index contributed by atoms with van der Waals surface area (Å²) >= 11 is 0. The average molecular weight is 258 g/mol. The highest BCUT2D eigenvalue weighted by Gasteiger charge is 2.35. The molecule has 1 aliphatic carbocycles. The Kier molecular flexibility index (Phi) is 2.90. The Morgan fingerprint density at radius 3 is 2.63 bits per heavy atom. The number of carbonyl (C=O) groups is 1. The first kappa shape index (κ1) is 12.7. The molecule has 1 aliphatic heterocycles. The summed E-state index contributed by atoms with van der Waals surface area (Å²) in [5, 5.41) is 0. The van der Waals surface area contributed by atoms with Gasteiger partial charge in [0.15, 0.2) is 0 Å². The number of amides is 1. The van der Waals surface area contributed by atoms with Gasteiger partial charge in [0.1, 0.15) is 0 Å². The summed E-state index contributed by atoms with van der Waals surface area (Å²) in [6, 6.07) is 6.36. The lowest BCUT2D eigenvalue weighted by Gasteiger charge is -2.34. The van der Waals surface area contributed by atoms with Gasteiger partial charge in [0.25, 0.3) is 0 Å². The Morgan fingerprint density at radius 2 is 1.95 bits per heavy atom. The highest BCUT2D eigenvalue weighted by atomic mass is 16.2. The van der Waals surface area contributed by atoms with Crippen molar-refractivity contribution in [1.29, 1.82) is 0 Å². The lowest BCUT2D eigenvalue weighted by molar-refractivity contribution is -0.118. The smallest absolute Gasteiger partial charge is 0.234 e. The number of benzene rings is 1. The Bertz CT molecular complexity index is 517. The number of fused-ring (bicyclic) bond motifs is 1. The van der Waals surface area contributed by atoms with E-state index in [2.05, 4.69) is 18.2 Å². The highest BCUT2D eigenvalue weighted by Crippen LogP contribution is 2.41. The Hall–Kier alpha value is -1.35. The number of likely N-dealkylation sites (N-methyl/N-ethyl adjacent to an activating group) is 1. The fraction of sp³-hybridized carbons (Fsp3) is 0.562. The zero-order valence-corrected chi connectivity index (χ0v) is 11.8. The molecule has 19 heavy (non-hydrogen) atoms. The molecular weight excluding hydrogens is 236 g/mol. The van der Waals surface area contributed by atoms with Crippen molar-refractivity contribution >= 4 is 11.6 Å². The van der Waals surface area contributed by atoms with E-state index in [1.165, 1.54) is 24.8 Å². The van der Waals surface area contributed by atoms with Crippen molar-refractivity contribution in [3.63, 3.8) is 0 Å². The van der Waals surface area contributed by atoms with E-state index in [0.29, 0.717) is 0 Å². The van der Waals surface area contributed by atoms with Crippen molar-refractivity contribution < 1.29 is 4.79 Å². The van der Waals surface area contributed by atoms with Crippen LogP contribution in [0.3, 0.4) is 0 Å². The van der Waals surface area contributed by atoms with Gasteiger partial charge in [0.05, 0.1) is 5.92 Å². The summed E-state index contributed by atoms with van der Waals surface area (Å²) in [6.07, 6.45) is 5.83. The summed E-state index contributed by atoms with van der Waals surface area (Å²) in [5.41, 5.74) is 9.80. The molecule has 1 aromatic rings. The van der Waals surface area contributed by atoms with Gasteiger partial charge in [-0.05, 0) is 37.0 Å². The molecule has 2 N–H and O–H groups in total. The Morgan fingerprint density at radius 1 is 1.26 bits per heavy atom. The third-order valence-electron chi connectivity index (χ3n) is 4.88. The number of nitrogens with zero attached hydrogens (tertiary/aromatic N) is 1. The first-order valence-electron chi connectivity index (χ1n) is 7.24. The van der Waals surface area contributed by atoms with E-state index in [9.17, 15) is 4.79 Å². The molecule has 3 nitrogen and oxygen atoms in total. The SMILES string of the molecule is CC1C(=O)N(C)c2ccc(C3(N)CCCCC3)cc21. The summed E-state index contributed by atoms with van der Waals surface area (Å²) in [4.78, 5) is 13.8. The standard InChI is InChI=1S/C16H22N2O/c1-11-13-10-12(16(17)8-4-3-5-9-16)6-7-14(13)18(2)15(11)19/h6-7,10-11H,3-5,8-9,17H2,1-2H3. The predicted octanol–water partition coefficient (Wildman–Crippen LogP) is 2.88. The van der Waals surface area contributed by atoms with E-state index in [1.807, 2.05) is 14.0 Å². The molecule has 1 fully saturated rings. The molecule has 1 heterocycles. The van der Waals surface area contributed by atoms with E-state index in [4.69, 9.17) is 5.73 Å². The molecule has 0 radical (unpaired) electrons. The lowest BCUT2D eigenvalue weighted by Crippen LogP contribution is -2.38. The molecule has 0 saturated heterocycles. The maximum Gasteiger partial charge on any atom is 0.234 e. The van der Waals surface area contributed by atoms with Gasteiger partial charge in [-0.15, -0.1) is 0 Å². The second-order valence-electron chi connectivity index (χ2n) is 6.11. The first-order valence-corrected chi connectivity index (χ1v) is 7.24. The maximum atomic E-state index is 12.0. The monoisotopic (exact) mass is 258 g/mol. The van der Waals surface area contributed by atoms with Crippen LogP contribution in [0.25, 0.3) is 0 Å². The van der Waals surface area contributed by atoms with Crippen LogP contribution in [-0.4, -0.2) is 13.0 Å². The summed E-state index contributed by atoms with van der Waals surface area (Å²) in [5.74, 6) is 0.147. The van der Waals surface area contributed by atoms with E-state index in [0.717, 1.165) is 24.1 Å². The number of hydrogen-bond acceptors (Lipinski definition) is 2. The number of nitrogens with two attached hydrogens (primary N) is 1. The van der Waals surface area contributed by atoms with Crippen LogP contribution in [0.15, 0.2) is 18.2 Å². The molecule has 0 bridgehead atoms. The van der Waals surface area contributed by atoms with Crippen LogP contribution in [0.5, 0.6) is 0 Å². The molecule has 102 valence electrons. The van der Waals surface area contributed by atoms with Crippen LogP contribution in [0.1, 0.15) is 56.1 Å². The van der Waals surface area contributed by atoms with Gasteiger partial charge in [-0.3, -0.25) is 4.79 Å². The van der Waals surface area contributed by atoms with Crippen molar-refractivity contribution in [3.8, 4) is 0 Å². The molecule has 3 rings (SSSR count). The molecule has 0 aromatic heterocycles. The van der Waals surface area contributed by atoms with Gasteiger partial charge in [-0.25, -0.2) is 0 Å². The van der Waals surface area contributed by atoms with Crippen molar-refractivity contribution in [2.75, 3.05) is 11.9 Å². The van der Waals surface area contributed by atoms with Crippen molar-refractivity contribution in [3.05, 3.63) is 29.3 Å². The fourth-order valence-corrected chi connectivity index (χ4v) is 3.53. The van der Waals surface area contributed by atoms with Crippen molar-refractivity contribution in [2.24, 2.45) is 5.73 Å². The molecule has 1 saturated carbocycles. The summed E-state index contributed by atoms with van der Waals surface area (Å²) in [6.45, 7) is 1.98. The number of hydrogen-bond donors (Lipinski definition) is 1. The topological polar surface area (TPSA) is 46.3 Å². The van der Waals surface area contributed by atoms with E-state index in [-0.39, 0.29) is 17.4 Å². The quantitative estimate of drug-likeness (QED) is 0.842. The third-order valence-corrected chi connectivity index (χ3v) is 4.88. The molecule has 0 spiro atoms. The Labute approximate surface area is 114 Å². The summed E-state index contributed by atoms with van der Waals surface area (Å²) < 4.78 is 0. The largest absolute Gasteiger partial charge is 0.321 e. The van der Waals surface area contributed by atoms with Gasteiger partial charge >= 0.3 is 0 Å². The van der Waals surface area contributed by atoms with Gasteiger partial charge in [0.2, 0.25) is 5.91 Å². The fourth-order valence-electron chi connectivity index (χ4n) is 3.53. The maximum absolute atomic E-state index is 12.0. The average Bonchev–Trinajstić information content (AvgIpc) is 2.64. The number of carbonyl (C=O) groups excluding carboxylic acids is 1. The number of anilines is 1. The highest BCUT2D eigenvalue weighted by molar-refractivity contribution is 6.04. The molecule has 1 unspecified atom stereocenters. The lowest BCUT2D eigenvalue weighted by atomic mass is 9.77. The molecule has 1 amide bonds. The predicted molar refractivity (Wildman–Crippen MR) is 77.2 cm³/mol. The van der Waals surface area contributed by atoms with Crippen LogP contribution in [0, 0.1) is 0 Å². The second kappa shape index (κ2) is 4.34. The molecule has 1 atom stereocenters. The molecule has 3 heteroatoms.